The van der Waals surface area contributed by atoms with E-state index in [-0.39, 0.29) is 16.2 Å². The van der Waals surface area contributed by atoms with Crippen molar-refractivity contribution in [2.45, 2.75) is 27.1 Å². The zero-order chi connectivity index (χ0) is 3.58. The van der Waals surface area contributed by atoms with Crippen LogP contribution in [0.15, 0.2) is 0 Å². The molecule has 0 amide bonds. The van der Waals surface area contributed by atoms with Gasteiger partial charge in [0.2, 0.25) is 0 Å². The lowest BCUT2D eigenvalue weighted by Crippen LogP contribution is -1.84. The highest BCUT2D eigenvalue weighted by Crippen LogP contribution is 1.68. The van der Waals surface area contributed by atoms with E-state index in [9.17, 15) is 0 Å². The van der Waals surface area contributed by atoms with E-state index in [2.05, 4.69) is 19.6 Å². The Labute approximate surface area is 36.8 Å². The van der Waals surface area contributed by atoms with E-state index in [1.54, 1.807) is 0 Å². The monoisotopic (exact) mass is 89.1 g/mol. The summed E-state index contributed by atoms with van der Waals surface area (Å²) in [6.07, 6.45) is 0. The van der Waals surface area contributed by atoms with E-state index >= 15 is 0 Å². The van der Waals surface area contributed by atoms with Crippen molar-refractivity contribution in [1.82, 2.24) is 0 Å². The summed E-state index contributed by atoms with van der Waals surface area (Å²) in [5, 5.41) is 0. The Morgan fingerprint density at radius 3 is 1.00 bits per heavy atom. The van der Waals surface area contributed by atoms with Crippen LogP contribution >= 0.6 is 0 Å². The lowest BCUT2D eigenvalue weighted by molar-refractivity contribution is 1.91. The zero-order valence-electron chi connectivity index (χ0n) is 3.50. The fraction of sp³-hybridized carbons (Fsp3) is 1.00. The highest BCUT2D eigenvalue weighted by atomic mass is 28.3. The lowest BCUT2D eigenvalue weighted by Gasteiger charge is -1.75. The predicted octanol–water partition coefficient (Wildman–Crippen LogP) is 2.01. The first-order valence-corrected chi connectivity index (χ1v) is 4.50. The molecule has 0 aromatic rings. The molecule has 0 fully saturated rings. The summed E-state index contributed by atoms with van der Waals surface area (Å²) in [6, 6.07) is 0. The largest absolute Gasteiger partial charge is 0.0776 e. The normalized spacial score (nSPS) is 7.20. The van der Waals surface area contributed by atoms with Gasteiger partial charge >= 0.3 is 0 Å². The van der Waals surface area contributed by atoms with Crippen molar-refractivity contribution < 1.29 is 0 Å². The molecule has 0 bridgehead atoms. The van der Waals surface area contributed by atoms with E-state index in [0.717, 1.165) is 0 Å². The summed E-state index contributed by atoms with van der Waals surface area (Å²) >= 11 is 0. The van der Waals surface area contributed by atoms with Gasteiger partial charge in [0.25, 0.3) is 0 Å². The molecule has 0 saturated heterocycles. The maximum atomic E-state index is 2.27. The minimum atomic E-state index is 0. The van der Waals surface area contributed by atoms with Crippen LogP contribution in [0.1, 0.15) is 7.43 Å². The van der Waals surface area contributed by atoms with E-state index in [1.165, 1.54) is 0 Å². The highest BCUT2D eigenvalue weighted by molar-refractivity contribution is 6.54. The summed E-state index contributed by atoms with van der Waals surface area (Å²) in [6.45, 7) is 6.81. The van der Waals surface area contributed by atoms with Crippen molar-refractivity contribution in [3.05, 3.63) is 0 Å². The highest BCUT2D eigenvalue weighted by Gasteiger charge is 1.72. The molecule has 0 aromatic heterocycles. The van der Waals surface area contributed by atoms with Crippen molar-refractivity contribution >= 4 is 8.80 Å². The SMILES string of the molecule is C.C[Si](C)C. The van der Waals surface area contributed by atoms with Gasteiger partial charge in [0, 0.05) is 8.80 Å². The minimum absolute atomic E-state index is 0. The van der Waals surface area contributed by atoms with Gasteiger partial charge in [-0.2, -0.15) is 0 Å². The Kier molecular flexibility index (Phi) is 7.56. The molecule has 1 heteroatoms. The average molecular weight is 89.2 g/mol. The third-order valence-electron chi connectivity index (χ3n) is 0. The zero-order valence-corrected chi connectivity index (χ0v) is 4.50. The van der Waals surface area contributed by atoms with Crippen molar-refractivity contribution in [3.63, 3.8) is 0 Å². The van der Waals surface area contributed by atoms with E-state index in [0.29, 0.717) is 0 Å². The van der Waals surface area contributed by atoms with Crippen LogP contribution in [0.25, 0.3) is 0 Å². The summed E-state index contributed by atoms with van der Waals surface area (Å²) in [5.41, 5.74) is 0. The van der Waals surface area contributed by atoms with Gasteiger partial charge in [0.05, 0.1) is 0 Å². The third kappa shape index (κ3) is 441. The summed E-state index contributed by atoms with van der Waals surface area (Å²) in [5.74, 6) is 0. The van der Waals surface area contributed by atoms with E-state index < -0.39 is 0 Å². The summed E-state index contributed by atoms with van der Waals surface area (Å²) < 4.78 is 0. The van der Waals surface area contributed by atoms with Gasteiger partial charge in [-0.3, -0.25) is 0 Å². The fourth-order valence-electron chi connectivity index (χ4n) is 0. The van der Waals surface area contributed by atoms with Crippen LogP contribution in [-0.2, 0) is 0 Å². The molecule has 1 radical (unpaired) electrons. The van der Waals surface area contributed by atoms with Crippen molar-refractivity contribution in [2.75, 3.05) is 0 Å². The average Bonchev–Trinajstić information content (AvgIpc) is 0.811. The molecule has 0 aliphatic rings. The van der Waals surface area contributed by atoms with Crippen LogP contribution in [0.3, 0.4) is 0 Å². The molecule has 0 rings (SSSR count). The fourth-order valence-corrected chi connectivity index (χ4v) is 0. The second-order valence-corrected chi connectivity index (χ2v) is 4.50. The molecule has 33 valence electrons. The molecule has 5 heavy (non-hydrogen) atoms. The second kappa shape index (κ2) is 4.22. The summed E-state index contributed by atoms with van der Waals surface area (Å²) in [7, 11) is 0.120. The Morgan fingerprint density at radius 1 is 1.00 bits per heavy atom. The van der Waals surface area contributed by atoms with Crippen LogP contribution in [0.4, 0.5) is 0 Å². The molecule has 0 nitrogen and oxygen atoms in total. The van der Waals surface area contributed by atoms with Gasteiger partial charge in [-0.05, 0) is 0 Å². The number of rotatable bonds is 0. The van der Waals surface area contributed by atoms with Gasteiger partial charge in [-0.1, -0.05) is 27.1 Å². The van der Waals surface area contributed by atoms with Crippen molar-refractivity contribution in [3.8, 4) is 0 Å². The van der Waals surface area contributed by atoms with Gasteiger partial charge in [0.15, 0.2) is 0 Å². The molecule has 0 heterocycles. The standard InChI is InChI=1S/C3H9Si.CH4/c1-4(2)3;/h1-3H3;1H4. The molecular formula is C4H13Si. The first kappa shape index (κ1) is 8.96. The quantitative estimate of drug-likeness (QED) is 0.398. The molecule has 0 saturated carbocycles. The molecule has 0 spiro atoms. The smallest absolute Gasteiger partial charge is 0.0379 e. The molecule has 0 N–H and O–H groups in total. The third-order valence-corrected chi connectivity index (χ3v) is 0. The summed E-state index contributed by atoms with van der Waals surface area (Å²) in [4.78, 5) is 0. The van der Waals surface area contributed by atoms with Crippen LogP contribution in [-0.4, -0.2) is 8.80 Å². The molecule has 0 atom stereocenters. The number of hydrogen-bond acceptors (Lipinski definition) is 0. The van der Waals surface area contributed by atoms with Gasteiger partial charge < -0.3 is 0 Å². The Hall–Kier alpha value is 0.217. The van der Waals surface area contributed by atoms with Gasteiger partial charge in [-0.25, -0.2) is 0 Å². The maximum absolute atomic E-state index is 2.27. The molecule has 0 unspecified atom stereocenters. The van der Waals surface area contributed by atoms with Crippen molar-refractivity contribution in [2.24, 2.45) is 0 Å². The first-order valence-electron chi connectivity index (χ1n) is 1.50. The Balaban J connectivity index is 0. The van der Waals surface area contributed by atoms with Crippen LogP contribution in [0, 0.1) is 0 Å². The first-order chi connectivity index (χ1) is 1.73. The van der Waals surface area contributed by atoms with Crippen LogP contribution in [0.2, 0.25) is 19.6 Å². The number of hydrogen-bond donors (Lipinski definition) is 0. The van der Waals surface area contributed by atoms with E-state index in [1.807, 2.05) is 0 Å². The molecule has 0 aromatic carbocycles. The predicted molar refractivity (Wildman–Crippen MR) is 30.1 cm³/mol. The van der Waals surface area contributed by atoms with Gasteiger partial charge in [-0.15, -0.1) is 0 Å². The maximum Gasteiger partial charge on any atom is 0.0379 e. The Bertz CT molecular complexity index is 8.36. The second-order valence-electron chi connectivity index (χ2n) is 1.50. The van der Waals surface area contributed by atoms with Gasteiger partial charge in [0.1, 0.15) is 0 Å². The minimum Gasteiger partial charge on any atom is -0.0776 e. The Morgan fingerprint density at radius 2 is 1.00 bits per heavy atom. The van der Waals surface area contributed by atoms with Crippen LogP contribution in [0.5, 0.6) is 0 Å². The molecular weight excluding hydrogens is 76.1 g/mol. The lowest BCUT2D eigenvalue weighted by atomic mass is 11.8. The van der Waals surface area contributed by atoms with E-state index in [4.69, 9.17) is 0 Å². The van der Waals surface area contributed by atoms with Crippen molar-refractivity contribution in [1.29, 1.82) is 0 Å². The molecule has 0 aliphatic heterocycles. The molecule has 0 aliphatic carbocycles. The topological polar surface area (TPSA) is 0 Å². The van der Waals surface area contributed by atoms with Crippen LogP contribution < -0.4 is 0 Å².